The van der Waals surface area contributed by atoms with E-state index in [1.807, 2.05) is 59.5 Å². The Morgan fingerprint density at radius 2 is 1.47 bits per heavy atom. The lowest BCUT2D eigenvalue weighted by Crippen LogP contribution is -2.49. The Morgan fingerprint density at radius 3 is 2.21 bits per heavy atom. The maximum Gasteiger partial charge on any atom is 0.251 e. The van der Waals surface area contributed by atoms with Gasteiger partial charge in [-0.25, -0.2) is 0 Å². The number of carbonyl (C=O) groups excluding carboxylic acids is 2. The molecule has 1 N–H and O–H groups in total. The number of hydrogen-bond donors (Lipinski definition) is 1. The van der Waals surface area contributed by atoms with Gasteiger partial charge >= 0.3 is 0 Å². The van der Waals surface area contributed by atoms with E-state index in [1.54, 1.807) is 0 Å². The molecule has 0 saturated carbocycles. The summed E-state index contributed by atoms with van der Waals surface area (Å²) in [5, 5.41) is 3.03. The molecule has 1 atom stereocenters. The normalized spacial score (nSPS) is 16.1. The summed E-state index contributed by atoms with van der Waals surface area (Å²) < 4.78 is 0. The highest BCUT2D eigenvalue weighted by atomic mass is 16.2. The average molecular weight is 454 g/mol. The largest absolute Gasteiger partial charge is 0.367 e. The van der Waals surface area contributed by atoms with E-state index < -0.39 is 6.04 Å². The van der Waals surface area contributed by atoms with Gasteiger partial charge in [-0.05, 0) is 60.2 Å². The Hall–Kier alpha value is -3.60. The molecule has 5 nitrogen and oxygen atoms in total. The molecule has 5 rings (SSSR count). The second kappa shape index (κ2) is 10.1. The van der Waals surface area contributed by atoms with Gasteiger partial charge in [-0.2, -0.15) is 0 Å². The van der Waals surface area contributed by atoms with Gasteiger partial charge < -0.3 is 15.1 Å². The molecule has 1 unspecified atom stereocenters. The van der Waals surface area contributed by atoms with E-state index in [2.05, 4.69) is 34.5 Å². The number of hydrogen-bond acceptors (Lipinski definition) is 3. The van der Waals surface area contributed by atoms with Crippen molar-refractivity contribution in [2.24, 2.45) is 0 Å². The number of nitrogens with zero attached hydrogens (tertiary/aromatic N) is 2. The Bertz CT molecular complexity index is 1140. The molecule has 2 amide bonds. The van der Waals surface area contributed by atoms with E-state index in [4.69, 9.17) is 0 Å². The highest BCUT2D eigenvalue weighted by molar-refractivity contribution is 5.98. The third-order valence-electron chi connectivity index (χ3n) is 6.93. The minimum Gasteiger partial charge on any atom is -0.367 e. The number of anilines is 1. The molecule has 5 heteroatoms. The van der Waals surface area contributed by atoms with Gasteiger partial charge in [0.25, 0.3) is 5.91 Å². The number of amides is 2. The van der Waals surface area contributed by atoms with Gasteiger partial charge in [-0.1, -0.05) is 54.6 Å². The van der Waals surface area contributed by atoms with Crippen LogP contribution in [0.15, 0.2) is 78.9 Å². The van der Waals surface area contributed by atoms with Crippen molar-refractivity contribution >= 4 is 17.5 Å². The zero-order valence-corrected chi connectivity index (χ0v) is 19.5. The molecule has 2 aliphatic heterocycles. The van der Waals surface area contributed by atoms with Crippen LogP contribution in [-0.2, 0) is 24.2 Å². The Kier molecular flexibility index (Phi) is 6.61. The van der Waals surface area contributed by atoms with Gasteiger partial charge in [-0.3, -0.25) is 9.59 Å². The summed E-state index contributed by atoms with van der Waals surface area (Å²) in [6, 6.07) is 25.7. The van der Waals surface area contributed by atoms with Crippen molar-refractivity contribution in [1.29, 1.82) is 0 Å². The lowest BCUT2D eigenvalue weighted by molar-refractivity contribution is -0.132. The standard InChI is InChI=1S/C29H31N3O2/c33-28(30-27(20-22-8-2-1-3-9-22)29(34)31-17-6-7-18-31)24-12-14-26(15-13-24)32-19-16-23-10-4-5-11-25(23)21-32/h1-5,8-15,27H,6-7,16-21H2,(H,30,33). The molecule has 1 fully saturated rings. The zero-order valence-electron chi connectivity index (χ0n) is 19.5. The zero-order chi connectivity index (χ0) is 23.3. The quantitative estimate of drug-likeness (QED) is 0.608. The van der Waals surface area contributed by atoms with Crippen LogP contribution < -0.4 is 10.2 Å². The maximum absolute atomic E-state index is 13.2. The SMILES string of the molecule is O=C(NC(Cc1ccccc1)C(=O)N1CCCC1)c1ccc(N2CCc3ccccc3C2)cc1. The Labute approximate surface area is 201 Å². The molecule has 0 radical (unpaired) electrons. The molecule has 0 aromatic heterocycles. The minimum absolute atomic E-state index is 0.0123. The van der Waals surface area contributed by atoms with Crippen LogP contribution in [0.2, 0.25) is 0 Å². The number of carbonyl (C=O) groups is 2. The van der Waals surface area contributed by atoms with Crippen molar-refractivity contribution in [3.63, 3.8) is 0 Å². The molecule has 34 heavy (non-hydrogen) atoms. The lowest BCUT2D eigenvalue weighted by atomic mass is 9.99. The highest BCUT2D eigenvalue weighted by Gasteiger charge is 2.28. The fourth-order valence-corrected chi connectivity index (χ4v) is 4.99. The van der Waals surface area contributed by atoms with Crippen LogP contribution in [0.4, 0.5) is 5.69 Å². The van der Waals surface area contributed by atoms with E-state index in [1.165, 1.54) is 11.1 Å². The number of nitrogens with one attached hydrogen (secondary N) is 1. The molecule has 0 spiro atoms. The third kappa shape index (κ3) is 4.98. The lowest BCUT2D eigenvalue weighted by Gasteiger charge is -2.30. The van der Waals surface area contributed by atoms with Crippen molar-refractivity contribution in [3.8, 4) is 0 Å². The Morgan fingerprint density at radius 1 is 0.794 bits per heavy atom. The first kappa shape index (κ1) is 22.2. The summed E-state index contributed by atoms with van der Waals surface area (Å²) in [4.78, 5) is 30.5. The van der Waals surface area contributed by atoms with Crippen LogP contribution in [0, 0.1) is 0 Å². The number of fused-ring (bicyclic) bond motifs is 1. The van der Waals surface area contributed by atoms with Crippen LogP contribution in [0.1, 0.15) is 39.9 Å². The monoisotopic (exact) mass is 453 g/mol. The summed E-state index contributed by atoms with van der Waals surface area (Å²) in [6.45, 7) is 3.39. The van der Waals surface area contributed by atoms with Crippen molar-refractivity contribution < 1.29 is 9.59 Å². The van der Waals surface area contributed by atoms with Crippen LogP contribution in [-0.4, -0.2) is 42.4 Å². The smallest absolute Gasteiger partial charge is 0.251 e. The van der Waals surface area contributed by atoms with E-state index in [0.717, 1.165) is 56.7 Å². The van der Waals surface area contributed by atoms with Crippen LogP contribution in [0.25, 0.3) is 0 Å². The number of rotatable bonds is 6. The molecule has 3 aromatic rings. The molecule has 174 valence electrons. The molecule has 2 heterocycles. The van der Waals surface area contributed by atoms with Crippen LogP contribution in [0.5, 0.6) is 0 Å². The summed E-state index contributed by atoms with van der Waals surface area (Å²) in [5.41, 5.74) is 5.51. The van der Waals surface area contributed by atoms with Gasteiger partial charge in [-0.15, -0.1) is 0 Å². The highest BCUT2D eigenvalue weighted by Crippen LogP contribution is 2.24. The first-order valence-electron chi connectivity index (χ1n) is 12.2. The molecule has 1 saturated heterocycles. The number of benzene rings is 3. The average Bonchev–Trinajstić information content (AvgIpc) is 3.43. The summed E-state index contributed by atoms with van der Waals surface area (Å²) >= 11 is 0. The second-order valence-corrected chi connectivity index (χ2v) is 9.24. The molecule has 3 aromatic carbocycles. The van der Waals surface area contributed by atoms with Crippen LogP contribution >= 0.6 is 0 Å². The van der Waals surface area contributed by atoms with Gasteiger partial charge in [0.1, 0.15) is 6.04 Å². The number of likely N-dealkylation sites (tertiary alicyclic amines) is 1. The van der Waals surface area contributed by atoms with Gasteiger partial charge in [0.05, 0.1) is 0 Å². The fourth-order valence-electron chi connectivity index (χ4n) is 4.99. The third-order valence-corrected chi connectivity index (χ3v) is 6.93. The van der Waals surface area contributed by atoms with E-state index >= 15 is 0 Å². The van der Waals surface area contributed by atoms with E-state index in [0.29, 0.717) is 12.0 Å². The fraction of sp³-hybridized carbons (Fsp3) is 0.310. The molecular formula is C29H31N3O2. The second-order valence-electron chi connectivity index (χ2n) is 9.24. The van der Waals surface area contributed by atoms with Gasteiger partial charge in [0, 0.05) is 43.9 Å². The molecule has 0 aliphatic carbocycles. The first-order chi connectivity index (χ1) is 16.7. The minimum atomic E-state index is -0.564. The van der Waals surface area contributed by atoms with Gasteiger partial charge in [0.2, 0.25) is 5.91 Å². The summed E-state index contributed by atoms with van der Waals surface area (Å²) in [7, 11) is 0. The maximum atomic E-state index is 13.2. The summed E-state index contributed by atoms with van der Waals surface area (Å²) in [6.07, 6.45) is 3.58. The van der Waals surface area contributed by atoms with Crippen molar-refractivity contribution in [3.05, 3.63) is 101 Å². The van der Waals surface area contributed by atoms with Gasteiger partial charge in [0.15, 0.2) is 0 Å². The predicted molar refractivity (Wildman–Crippen MR) is 135 cm³/mol. The molecule has 2 aliphatic rings. The molecular weight excluding hydrogens is 422 g/mol. The first-order valence-corrected chi connectivity index (χ1v) is 12.2. The van der Waals surface area contributed by atoms with Crippen molar-refractivity contribution in [1.82, 2.24) is 10.2 Å². The van der Waals surface area contributed by atoms with Crippen LogP contribution in [0.3, 0.4) is 0 Å². The van der Waals surface area contributed by atoms with Crippen molar-refractivity contribution in [2.75, 3.05) is 24.5 Å². The topological polar surface area (TPSA) is 52.7 Å². The van der Waals surface area contributed by atoms with E-state index in [-0.39, 0.29) is 11.8 Å². The van der Waals surface area contributed by atoms with E-state index in [9.17, 15) is 9.59 Å². The molecule has 0 bridgehead atoms. The summed E-state index contributed by atoms with van der Waals surface area (Å²) in [5.74, 6) is -0.192. The van der Waals surface area contributed by atoms with Crippen molar-refractivity contribution in [2.45, 2.75) is 38.3 Å². The predicted octanol–water partition coefficient (Wildman–Crippen LogP) is 4.21. The Balaban J connectivity index is 1.28.